The Labute approximate surface area is 127 Å². The molecule has 0 radical (unpaired) electrons. The van der Waals surface area contributed by atoms with Crippen LogP contribution in [0.25, 0.3) is 0 Å². The molecule has 0 aromatic carbocycles. The van der Waals surface area contributed by atoms with Gasteiger partial charge in [0.1, 0.15) is 0 Å². The molecule has 3 nitrogen and oxygen atoms in total. The van der Waals surface area contributed by atoms with Gasteiger partial charge in [0.05, 0.1) is 12.7 Å². The van der Waals surface area contributed by atoms with Crippen LogP contribution in [0.4, 0.5) is 0 Å². The summed E-state index contributed by atoms with van der Waals surface area (Å²) in [5.74, 6) is 0.513. The highest BCUT2D eigenvalue weighted by molar-refractivity contribution is 7.09. The maximum absolute atomic E-state index is 10.1. The third-order valence-corrected chi connectivity index (χ3v) is 4.22. The molecule has 0 spiro atoms. The van der Waals surface area contributed by atoms with Crippen molar-refractivity contribution in [3.05, 3.63) is 22.4 Å². The number of thiophene rings is 1. The SMILES string of the molecule is CC[C@@H](C)N(Cc1cccs1)C[C@H](O)COCC(C)C. The lowest BCUT2D eigenvalue weighted by molar-refractivity contribution is 0.000316. The van der Waals surface area contributed by atoms with Gasteiger partial charge in [0.15, 0.2) is 0 Å². The molecule has 0 aliphatic heterocycles. The minimum absolute atomic E-state index is 0.414. The maximum Gasteiger partial charge on any atom is 0.0900 e. The molecule has 20 heavy (non-hydrogen) atoms. The van der Waals surface area contributed by atoms with Crippen molar-refractivity contribution in [2.45, 2.75) is 52.8 Å². The van der Waals surface area contributed by atoms with E-state index in [1.54, 1.807) is 11.3 Å². The van der Waals surface area contributed by atoms with Crippen LogP contribution in [0.2, 0.25) is 0 Å². The molecule has 1 aromatic rings. The van der Waals surface area contributed by atoms with Crippen LogP contribution in [0.3, 0.4) is 0 Å². The number of rotatable bonds is 10. The van der Waals surface area contributed by atoms with E-state index in [1.807, 2.05) is 0 Å². The quantitative estimate of drug-likeness (QED) is 0.719. The van der Waals surface area contributed by atoms with E-state index in [2.05, 4.69) is 50.1 Å². The van der Waals surface area contributed by atoms with Crippen molar-refractivity contribution in [2.75, 3.05) is 19.8 Å². The summed E-state index contributed by atoms with van der Waals surface area (Å²) >= 11 is 1.77. The highest BCUT2D eigenvalue weighted by Gasteiger charge is 2.17. The molecule has 0 amide bonds. The fourth-order valence-electron chi connectivity index (χ4n) is 2.02. The first-order valence-electron chi connectivity index (χ1n) is 7.55. The Hall–Kier alpha value is -0.420. The zero-order valence-corrected chi connectivity index (χ0v) is 14.0. The van der Waals surface area contributed by atoms with Crippen LogP contribution in [-0.4, -0.2) is 41.9 Å². The van der Waals surface area contributed by atoms with Gasteiger partial charge in [0.2, 0.25) is 0 Å². The second kappa shape index (κ2) is 9.50. The standard InChI is InChI=1S/C16H29NO2S/c1-5-14(4)17(10-16-7-6-8-20-16)9-15(18)12-19-11-13(2)3/h6-8,13-15,18H,5,9-12H2,1-4H3/t14-,15+/m1/s1. The lowest BCUT2D eigenvalue weighted by Gasteiger charge is -2.30. The van der Waals surface area contributed by atoms with E-state index >= 15 is 0 Å². The highest BCUT2D eigenvalue weighted by atomic mass is 32.1. The van der Waals surface area contributed by atoms with Crippen molar-refractivity contribution < 1.29 is 9.84 Å². The van der Waals surface area contributed by atoms with Gasteiger partial charge in [-0.2, -0.15) is 0 Å². The first-order valence-corrected chi connectivity index (χ1v) is 8.43. The first-order chi connectivity index (χ1) is 9.52. The Morgan fingerprint density at radius 2 is 2.05 bits per heavy atom. The average molecular weight is 299 g/mol. The minimum atomic E-state index is -0.414. The molecule has 0 fully saturated rings. The molecular formula is C16H29NO2S. The summed E-state index contributed by atoms with van der Waals surface area (Å²) in [5, 5.41) is 12.2. The Morgan fingerprint density at radius 3 is 2.60 bits per heavy atom. The van der Waals surface area contributed by atoms with E-state index in [9.17, 15) is 5.11 Å². The summed E-state index contributed by atoms with van der Waals surface area (Å²) in [4.78, 5) is 3.69. The number of aliphatic hydroxyl groups excluding tert-OH is 1. The molecule has 0 bridgehead atoms. The van der Waals surface area contributed by atoms with Gasteiger partial charge < -0.3 is 9.84 Å². The molecule has 0 aliphatic carbocycles. The number of hydrogen-bond donors (Lipinski definition) is 1. The van der Waals surface area contributed by atoms with E-state index in [4.69, 9.17) is 4.74 Å². The highest BCUT2D eigenvalue weighted by Crippen LogP contribution is 2.15. The first kappa shape index (κ1) is 17.6. The Morgan fingerprint density at radius 1 is 1.30 bits per heavy atom. The van der Waals surface area contributed by atoms with E-state index in [0.717, 1.165) is 13.0 Å². The summed E-state index contributed by atoms with van der Waals surface area (Å²) in [5.41, 5.74) is 0. The monoisotopic (exact) mass is 299 g/mol. The summed E-state index contributed by atoms with van der Waals surface area (Å²) in [6.07, 6.45) is 0.674. The van der Waals surface area contributed by atoms with Crippen molar-refractivity contribution in [2.24, 2.45) is 5.92 Å². The van der Waals surface area contributed by atoms with Crippen molar-refractivity contribution in [3.8, 4) is 0 Å². The maximum atomic E-state index is 10.1. The fourth-order valence-corrected chi connectivity index (χ4v) is 2.75. The van der Waals surface area contributed by atoms with Crippen LogP contribution in [0.1, 0.15) is 39.0 Å². The number of ether oxygens (including phenoxy) is 1. The second-order valence-corrected chi connectivity index (χ2v) is 6.88. The van der Waals surface area contributed by atoms with Gasteiger partial charge in [-0.25, -0.2) is 0 Å². The van der Waals surface area contributed by atoms with Gasteiger partial charge in [0, 0.05) is 30.6 Å². The average Bonchev–Trinajstić information content (AvgIpc) is 2.89. The molecule has 116 valence electrons. The van der Waals surface area contributed by atoms with Gasteiger partial charge in [-0.15, -0.1) is 11.3 Å². The van der Waals surface area contributed by atoms with Crippen molar-refractivity contribution >= 4 is 11.3 Å². The molecule has 0 unspecified atom stereocenters. The van der Waals surface area contributed by atoms with E-state index < -0.39 is 6.10 Å². The fraction of sp³-hybridized carbons (Fsp3) is 0.750. The summed E-state index contributed by atoms with van der Waals surface area (Å²) in [7, 11) is 0. The lowest BCUT2D eigenvalue weighted by atomic mass is 10.2. The van der Waals surface area contributed by atoms with Crippen LogP contribution in [0.5, 0.6) is 0 Å². The summed E-state index contributed by atoms with van der Waals surface area (Å²) in [6, 6.07) is 4.70. The molecule has 1 heterocycles. The zero-order chi connectivity index (χ0) is 15.0. The molecule has 0 saturated heterocycles. The Balaban J connectivity index is 2.43. The van der Waals surface area contributed by atoms with Crippen molar-refractivity contribution in [3.63, 3.8) is 0 Å². The van der Waals surface area contributed by atoms with Gasteiger partial charge in [0.25, 0.3) is 0 Å². The minimum Gasteiger partial charge on any atom is -0.389 e. The zero-order valence-electron chi connectivity index (χ0n) is 13.2. The molecule has 4 heteroatoms. The topological polar surface area (TPSA) is 32.7 Å². The van der Waals surface area contributed by atoms with E-state index in [-0.39, 0.29) is 0 Å². The molecule has 0 aliphatic rings. The molecule has 1 rings (SSSR count). The smallest absolute Gasteiger partial charge is 0.0900 e. The van der Waals surface area contributed by atoms with E-state index in [1.165, 1.54) is 4.88 Å². The molecular weight excluding hydrogens is 270 g/mol. The number of nitrogens with zero attached hydrogens (tertiary/aromatic N) is 1. The predicted molar refractivity (Wildman–Crippen MR) is 86.1 cm³/mol. The second-order valence-electron chi connectivity index (χ2n) is 5.85. The van der Waals surface area contributed by atoms with Crippen LogP contribution >= 0.6 is 11.3 Å². The van der Waals surface area contributed by atoms with Crippen LogP contribution < -0.4 is 0 Å². The number of hydrogen-bond acceptors (Lipinski definition) is 4. The van der Waals surface area contributed by atoms with Crippen molar-refractivity contribution in [1.82, 2.24) is 4.90 Å². The van der Waals surface area contributed by atoms with Crippen LogP contribution in [-0.2, 0) is 11.3 Å². The number of aliphatic hydroxyl groups is 1. The van der Waals surface area contributed by atoms with Crippen LogP contribution in [0, 0.1) is 5.92 Å². The summed E-state index contributed by atoms with van der Waals surface area (Å²) < 4.78 is 5.53. The third-order valence-electron chi connectivity index (χ3n) is 3.36. The largest absolute Gasteiger partial charge is 0.389 e. The van der Waals surface area contributed by atoms with Gasteiger partial charge >= 0.3 is 0 Å². The molecule has 2 atom stereocenters. The van der Waals surface area contributed by atoms with Gasteiger partial charge in [-0.3, -0.25) is 4.90 Å². The molecule has 1 N–H and O–H groups in total. The third kappa shape index (κ3) is 6.84. The predicted octanol–water partition coefficient (Wildman–Crippen LogP) is 3.38. The molecule has 1 aromatic heterocycles. The lowest BCUT2D eigenvalue weighted by Crippen LogP contribution is -2.39. The molecule has 0 saturated carbocycles. The van der Waals surface area contributed by atoms with Gasteiger partial charge in [-0.1, -0.05) is 26.8 Å². The van der Waals surface area contributed by atoms with Crippen molar-refractivity contribution in [1.29, 1.82) is 0 Å². The summed E-state index contributed by atoms with van der Waals surface area (Å²) in [6.45, 7) is 11.4. The Kier molecular flexibility index (Phi) is 8.38. The van der Waals surface area contributed by atoms with E-state index in [0.29, 0.717) is 31.7 Å². The van der Waals surface area contributed by atoms with Gasteiger partial charge in [-0.05, 0) is 30.7 Å². The van der Waals surface area contributed by atoms with Crippen LogP contribution in [0.15, 0.2) is 17.5 Å². The Bertz CT molecular complexity index is 340. The normalized spacial score (nSPS) is 14.9.